The van der Waals surface area contributed by atoms with Crippen LogP contribution in [0.3, 0.4) is 0 Å². The molecule has 106 valence electrons. The zero-order chi connectivity index (χ0) is 13.9. The second kappa shape index (κ2) is 9.19. The number of amides is 2. The van der Waals surface area contributed by atoms with Gasteiger partial charge in [-0.3, -0.25) is 9.59 Å². The Morgan fingerprint density at radius 3 is 2.68 bits per heavy atom. The summed E-state index contributed by atoms with van der Waals surface area (Å²) in [5.74, 6) is -0.0584. The Balaban J connectivity index is 2.02. The summed E-state index contributed by atoms with van der Waals surface area (Å²) in [7, 11) is 0. The van der Waals surface area contributed by atoms with Crippen LogP contribution in [0.1, 0.15) is 49.6 Å². The van der Waals surface area contributed by atoms with Gasteiger partial charge in [-0.1, -0.05) is 26.2 Å². The Hall–Kier alpha value is -1.78. The Kier molecular flexibility index (Phi) is 7.39. The second-order valence-corrected chi connectivity index (χ2v) is 4.39. The molecule has 5 nitrogen and oxygen atoms in total. The third-order valence-corrected chi connectivity index (χ3v) is 2.74. The van der Waals surface area contributed by atoms with E-state index in [-0.39, 0.29) is 17.6 Å². The molecule has 0 atom stereocenters. The predicted molar refractivity (Wildman–Crippen MR) is 72.8 cm³/mol. The number of furan rings is 1. The van der Waals surface area contributed by atoms with Crippen molar-refractivity contribution in [1.29, 1.82) is 0 Å². The van der Waals surface area contributed by atoms with Gasteiger partial charge in [0.1, 0.15) is 0 Å². The van der Waals surface area contributed by atoms with E-state index in [0.717, 1.165) is 12.8 Å². The maximum Gasteiger partial charge on any atom is 0.286 e. The third-order valence-electron chi connectivity index (χ3n) is 2.74. The first kappa shape index (κ1) is 15.3. The smallest absolute Gasteiger partial charge is 0.286 e. The summed E-state index contributed by atoms with van der Waals surface area (Å²) in [6, 6.07) is 3.24. The van der Waals surface area contributed by atoms with Crippen molar-refractivity contribution in [2.24, 2.45) is 0 Å². The van der Waals surface area contributed by atoms with E-state index < -0.39 is 0 Å². The fourth-order valence-corrected chi connectivity index (χ4v) is 1.65. The van der Waals surface area contributed by atoms with Gasteiger partial charge < -0.3 is 15.1 Å². The van der Waals surface area contributed by atoms with Gasteiger partial charge in [0, 0.05) is 19.5 Å². The van der Waals surface area contributed by atoms with Crippen LogP contribution in [0.25, 0.3) is 0 Å². The van der Waals surface area contributed by atoms with Crippen molar-refractivity contribution in [1.82, 2.24) is 10.6 Å². The molecule has 0 bridgehead atoms. The Morgan fingerprint density at radius 2 is 2.00 bits per heavy atom. The van der Waals surface area contributed by atoms with E-state index in [1.165, 1.54) is 19.1 Å². The minimum Gasteiger partial charge on any atom is -0.459 e. The first-order valence-corrected chi connectivity index (χ1v) is 6.82. The van der Waals surface area contributed by atoms with E-state index in [1.807, 2.05) is 0 Å². The monoisotopic (exact) mass is 266 g/mol. The van der Waals surface area contributed by atoms with Crippen LogP contribution < -0.4 is 10.6 Å². The van der Waals surface area contributed by atoms with Crippen LogP contribution in [0, 0.1) is 0 Å². The summed E-state index contributed by atoms with van der Waals surface area (Å²) in [5, 5.41) is 5.47. The molecule has 1 rings (SSSR count). The molecule has 1 aromatic heterocycles. The van der Waals surface area contributed by atoms with Crippen molar-refractivity contribution in [2.45, 2.75) is 39.0 Å². The van der Waals surface area contributed by atoms with E-state index in [0.29, 0.717) is 19.5 Å². The number of unbranched alkanes of at least 4 members (excludes halogenated alkanes) is 3. The predicted octanol–water partition coefficient (Wildman–Crippen LogP) is 2.10. The van der Waals surface area contributed by atoms with Crippen LogP contribution in [-0.2, 0) is 4.79 Å². The summed E-state index contributed by atoms with van der Waals surface area (Å²) < 4.78 is 4.94. The molecule has 5 heteroatoms. The number of carbonyl (C=O) groups excluding carboxylic acids is 2. The summed E-state index contributed by atoms with van der Waals surface area (Å²) in [6.07, 6.45) is 6.28. The first-order valence-electron chi connectivity index (χ1n) is 6.82. The van der Waals surface area contributed by atoms with Crippen molar-refractivity contribution in [2.75, 3.05) is 13.1 Å². The minimum atomic E-state index is -0.291. The van der Waals surface area contributed by atoms with Gasteiger partial charge in [-0.25, -0.2) is 0 Å². The highest BCUT2D eigenvalue weighted by Crippen LogP contribution is 1.99. The van der Waals surface area contributed by atoms with Crippen LogP contribution in [0.15, 0.2) is 22.8 Å². The average Bonchev–Trinajstić information content (AvgIpc) is 2.92. The molecule has 0 fully saturated rings. The summed E-state index contributed by atoms with van der Waals surface area (Å²) in [4.78, 5) is 22.9. The topological polar surface area (TPSA) is 71.3 Å². The van der Waals surface area contributed by atoms with Crippen molar-refractivity contribution >= 4 is 11.8 Å². The van der Waals surface area contributed by atoms with E-state index in [1.54, 1.807) is 12.1 Å². The van der Waals surface area contributed by atoms with Gasteiger partial charge in [-0.2, -0.15) is 0 Å². The number of rotatable bonds is 9. The minimum absolute atomic E-state index is 0.0313. The van der Waals surface area contributed by atoms with Crippen molar-refractivity contribution in [3.05, 3.63) is 24.2 Å². The molecular weight excluding hydrogens is 244 g/mol. The molecule has 0 unspecified atom stereocenters. The molecule has 19 heavy (non-hydrogen) atoms. The summed E-state index contributed by atoms with van der Waals surface area (Å²) >= 11 is 0. The molecule has 0 saturated heterocycles. The Bertz CT molecular complexity index is 374. The van der Waals surface area contributed by atoms with Gasteiger partial charge in [0.05, 0.1) is 6.26 Å². The van der Waals surface area contributed by atoms with Crippen molar-refractivity contribution in [3.63, 3.8) is 0 Å². The van der Waals surface area contributed by atoms with Gasteiger partial charge in [0.2, 0.25) is 5.91 Å². The Morgan fingerprint density at radius 1 is 1.16 bits per heavy atom. The lowest BCUT2D eigenvalue weighted by Gasteiger charge is -2.05. The van der Waals surface area contributed by atoms with Gasteiger partial charge >= 0.3 is 0 Å². The summed E-state index contributed by atoms with van der Waals surface area (Å²) in [6.45, 7) is 3.19. The molecule has 0 saturated carbocycles. The molecule has 0 aliphatic heterocycles. The van der Waals surface area contributed by atoms with Crippen LogP contribution in [-0.4, -0.2) is 24.9 Å². The highest BCUT2D eigenvalue weighted by molar-refractivity contribution is 5.91. The maximum atomic E-state index is 11.5. The van der Waals surface area contributed by atoms with E-state index in [4.69, 9.17) is 4.42 Å². The zero-order valence-electron chi connectivity index (χ0n) is 11.4. The standard InChI is InChI=1S/C14H22N2O3/c1-2-3-4-5-9-15-13(17)8-10-16-14(18)12-7-6-11-19-12/h6-7,11H,2-5,8-10H2,1H3,(H,15,17)(H,16,18). The number of nitrogens with one attached hydrogen (secondary N) is 2. The van der Waals surface area contributed by atoms with Gasteiger partial charge in [0.25, 0.3) is 5.91 Å². The molecule has 0 aromatic carbocycles. The van der Waals surface area contributed by atoms with Crippen LogP contribution in [0.2, 0.25) is 0 Å². The maximum absolute atomic E-state index is 11.5. The lowest BCUT2D eigenvalue weighted by molar-refractivity contribution is -0.120. The molecule has 2 amide bonds. The average molecular weight is 266 g/mol. The van der Waals surface area contributed by atoms with Gasteiger partial charge in [-0.05, 0) is 18.6 Å². The van der Waals surface area contributed by atoms with Crippen molar-refractivity contribution < 1.29 is 14.0 Å². The molecule has 0 aliphatic rings. The number of carbonyl (C=O) groups is 2. The quantitative estimate of drug-likeness (QED) is 0.672. The lowest BCUT2D eigenvalue weighted by atomic mass is 10.2. The second-order valence-electron chi connectivity index (χ2n) is 4.39. The highest BCUT2D eigenvalue weighted by Gasteiger charge is 2.08. The molecule has 1 heterocycles. The molecular formula is C14H22N2O3. The van der Waals surface area contributed by atoms with Crippen molar-refractivity contribution in [3.8, 4) is 0 Å². The normalized spacial score (nSPS) is 10.2. The highest BCUT2D eigenvalue weighted by atomic mass is 16.3. The molecule has 0 aliphatic carbocycles. The van der Waals surface area contributed by atoms with Crippen LogP contribution in [0.5, 0.6) is 0 Å². The molecule has 1 aromatic rings. The van der Waals surface area contributed by atoms with E-state index >= 15 is 0 Å². The number of hydrogen-bond acceptors (Lipinski definition) is 3. The summed E-state index contributed by atoms with van der Waals surface area (Å²) in [5.41, 5.74) is 0. The van der Waals surface area contributed by atoms with Crippen LogP contribution >= 0.6 is 0 Å². The van der Waals surface area contributed by atoms with Crippen LogP contribution in [0.4, 0.5) is 0 Å². The molecule has 0 spiro atoms. The Labute approximate surface area is 113 Å². The third kappa shape index (κ3) is 6.64. The first-order chi connectivity index (χ1) is 9.24. The largest absolute Gasteiger partial charge is 0.459 e. The fourth-order valence-electron chi connectivity index (χ4n) is 1.65. The van der Waals surface area contributed by atoms with E-state index in [9.17, 15) is 9.59 Å². The van der Waals surface area contributed by atoms with Gasteiger partial charge in [0.15, 0.2) is 5.76 Å². The van der Waals surface area contributed by atoms with Gasteiger partial charge in [-0.15, -0.1) is 0 Å². The lowest BCUT2D eigenvalue weighted by Crippen LogP contribution is -2.31. The van der Waals surface area contributed by atoms with E-state index in [2.05, 4.69) is 17.6 Å². The SMILES string of the molecule is CCCCCCNC(=O)CCNC(=O)c1ccco1. The zero-order valence-corrected chi connectivity index (χ0v) is 11.4. The molecule has 0 radical (unpaired) electrons. The number of hydrogen-bond donors (Lipinski definition) is 2. The fraction of sp³-hybridized carbons (Fsp3) is 0.571. The molecule has 2 N–H and O–H groups in total.